The van der Waals surface area contributed by atoms with Gasteiger partial charge in [0, 0.05) is 38.8 Å². The average Bonchev–Trinajstić information content (AvgIpc) is 2.62. The monoisotopic (exact) mass is 339 g/mol. The Morgan fingerprint density at radius 3 is 2.24 bits per heavy atom. The molecule has 0 spiro atoms. The van der Waals surface area contributed by atoms with Gasteiger partial charge in [-0.1, -0.05) is 36.4 Å². The Bertz CT molecular complexity index is 631. The van der Waals surface area contributed by atoms with Crippen molar-refractivity contribution >= 4 is 5.82 Å². The van der Waals surface area contributed by atoms with E-state index in [1.54, 1.807) is 0 Å². The van der Waals surface area contributed by atoms with Gasteiger partial charge in [0.25, 0.3) is 0 Å². The summed E-state index contributed by atoms with van der Waals surface area (Å²) in [4.78, 5) is 9.30. The third-order valence-corrected chi connectivity index (χ3v) is 4.44. The lowest BCUT2D eigenvalue weighted by molar-refractivity contribution is -0.133. The number of benzene rings is 1. The molecular weight excluding hydrogens is 310 g/mol. The molecule has 1 aliphatic heterocycles. The summed E-state index contributed by atoms with van der Waals surface area (Å²) in [6, 6.07) is 16.7. The van der Waals surface area contributed by atoms with Crippen molar-refractivity contribution in [3.63, 3.8) is 0 Å². The predicted octanol–water partition coefficient (Wildman–Crippen LogP) is 3.59. The number of anilines is 1. The summed E-state index contributed by atoms with van der Waals surface area (Å²) in [5.74, 6) is 1.07. The van der Waals surface area contributed by atoms with E-state index < -0.39 is 0 Å². The molecule has 1 fully saturated rings. The Balaban J connectivity index is 1.65. The van der Waals surface area contributed by atoms with Gasteiger partial charge < -0.3 is 9.64 Å². The van der Waals surface area contributed by atoms with Crippen LogP contribution in [-0.2, 0) is 11.2 Å². The number of pyridine rings is 1. The summed E-state index contributed by atoms with van der Waals surface area (Å²) >= 11 is 0. The first kappa shape index (κ1) is 17.9. The van der Waals surface area contributed by atoms with Crippen LogP contribution in [0.5, 0.6) is 0 Å². The number of ether oxygens (including phenoxy) is 1. The largest absolute Gasteiger partial charge is 0.357 e. The molecule has 0 amide bonds. The van der Waals surface area contributed by atoms with Crippen molar-refractivity contribution in [3.05, 3.63) is 60.3 Å². The molecule has 0 N–H and O–H groups in total. The SMILES string of the molecule is CC(C)(C)OC(Cc1ccccc1)N1CCN(c2ccccn2)CC1. The van der Waals surface area contributed by atoms with Crippen LogP contribution in [0.1, 0.15) is 26.3 Å². The average molecular weight is 339 g/mol. The molecule has 2 aromatic rings. The predicted molar refractivity (Wildman–Crippen MR) is 103 cm³/mol. The van der Waals surface area contributed by atoms with Crippen molar-refractivity contribution in [1.29, 1.82) is 0 Å². The number of piperazine rings is 1. The van der Waals surface area contributed by atoms with Gasteiger partial charge in [-0.15, -0.1) is 0 Å². The highest BCUT2D eigenvalue weighted by atomic mass is 16.5. The van der Waals surface area contributed by atoms with Crippen LogP contribution >= 0.6 is 0 Å². The van der Waals surface area contributed by atoms with Gasteiger partial charge in [0.15, 0.2) is 0 Å². The van der Waals surface area contributed by atoms with E-state index in [-0.39, 0.29) is 11.8 Å². The minimum Gasteiger partial charge on any atom is -0.357 e. The zero-order valence-electron chi connectivity index (χ0n) is 15.6. The second-order valence-corrected chi connectivity index (χ2v) is 7.59. The lowest BCUT2D eigenvalue weighted by Crippen LogP contribution is -2.53. The van der Waals surface area contributed by atoms with E-state index in [0.717, 1.165) is 38.4 Å². The van der Waals surface area contributed by atoms with Crippen LogP contribution in [-0.4, -0.2) is 47.9 Å². The van der Waals surface area contributed by atoms with Crippen molar-refractivity contribution in [2.24, 2.45) is 0 Å². The first-order valence-electron chi connectivity index (χ1n) is 9.13. The van der Waals surface area contributed by atoms with E-state index in [1.807, 2.05) is 12.3 Å². The van der Waals surface area contributed by atoms with Crippen molar-refractivity contribution in [2.45, 2.75) is 39.0 Å². The maximum atomic E-state index is 6.41. The molecule has 1 aromatic carbocycles. The normalized spacial score (nSPS) is 17.5. The molecule has 0 radical (unpaired) electrons. The van der Waals surface area contributed by atoms with E-state index in [1.165, 1.54) is 5.56 Å². The summed E-state index contributed by atoms with van der Waals surface area (Å²) in [6.07, 6.45) is 2.89. The fourth-order valence-corrected chi connectivity index (χ4v) is 3.25. The fraction of sp³-hybridized carbons (Fsp3) is 0.476. The Morgan fingerprint density at radius 1 is 0.960 bits per heavy atom. The maximum absolute atomic E-state index is 6.41. The molecule has 4 nitrogen and oxygen atoms in total. The molecule has 0 bridgehead atoms. The molecule has 1 saturated heterocycles. The maximum Gasteiger partial charge on any atom is 0.128 e. The number of nitrogens with zero attached hydrogens (tertiary/aromatic N) is 3. The molecular formula is C21H29N3O. The molecule has 3 rings (SSSR count). The zero-order valence-corrected chi connectivity index (χ0v) is 15.6. The van der Waals surface area contributed by atoms with Crippen molar-refractivity contribution in [2.75, 3.05) is 31.1 Å². The summed E-state index contributed by atoms with van der Waals surface area (Å²) in [6.45, 7) is 10.3. The topological polar surface area (TPSA) is 28.6 Å². The van der Waals surface area contributed by atoms with Gasteiger partial charge >= 0.3 is 0 Å². The van der Waals surface area contributed by atoms with E-state index in [9.17, 15) is 0 Å². The molecule has 134 valence electrons. The number of rotatable bonds is 5. The van der Waals surface area contributed by atoms with Crippen LogP contribution in [0.25, 0.3) is 0 Å². The van der Waals surface area contributed by atoms with Crippen LogP contribution in [0, 0.1) is 0 Å². The van der Waals surface area contributed by atoms with Crippen molar-refractivity contribution in [1.82, 2.24) is 9.88 Å². The Labute approximate surface area is 151 Å². The van der Waals surface area contributed by atoms with Gasteiger partial charge in [-0.05, 0) is 38.5 Å². The Morgan fingerprint density at radius 2 is 1.64 bits per heavy atom. The van der Waals surface area contributed by atoms with Gasteiger partial charge in [-0.2, -0.15) is 0 Å². The van der Waals surface area contributed by atoms with Crippen LogP contribution in [0.15, 0.2) is 54.7 Å². The van der Waals surface area contributed by atoms with Crippen molar-refractivity contribution in [3.8, 4) is 0 Å². The summed E-state index contributed by atoms with van der Waals surface area (Å²) in [5, 5.41) is 0. The molecule has 1 aromatic heterocycles. The molecule has 0 aliphatic carbocycles. The molecule has 1 atom stereocenters. The third-order valence-electron chi connectivity index (χ3n) is 4.44. The van der Waals surface area contributed by atoms with Gasteiger partial charge in [-0.3, -0.25) is 4.90 Å². The first-order chi connectivity index (χ1) is 12.0. The van der Waals surface area contributed by atoms with Crippen LogP contribution < -0.4 is 4.90 Å². The quantitative estimate of drug-likeness (QED) is 0.832. The summed E-state index contributed by atoms with van der Waals surface area (Å²) in [7, 11) is 0. The zero-order chi connectivity index (χ0) is 17.7. The van der Waals surface area contributed by atoms with Crippen LogP contribution in [0.2, 0.25) is 0 Å². The fourth-order valence-electron chi connectivity index (χ4n) is 3.25. The highest BCUT2D eigenvalue weighted by Crippen LogP contribution is 2.21. The smallest absolute Gasteiger partial charge is 0.128 e. The lowest BCUT2D eigenvalue weighted by Gasteiger charge is -2.41. The Hall–Kier alpha value is -1.91. The highest BCUT2D eigenvalue weighted by Gasteiger charge is 2.28. The molecule has 2 heterocycles. The summed E-state index contributed by atoms with van der Waals surface area (Å²) < 4.78 is 6.41. The van der Waals surface area contributed by atoms with Crippen molar-refractivity contribution < 1.29 is 4.74 Å². The Kier molecular flexibility index (Phi) is 5.71. The third kappa shape index (κ3) is 5.28. The van der Waals surface area contributed by atoms with E-state index in [0.29, 0.717) is 0 Å². The second-order valence-electron chi connectivity index (χ2n) is 7.59. The number of aromatic nitrogens is 1. The number of hydrogen-bond donors (Lipinski definition) is 0. The molecule has 1 unspecified atom stereocenters. The first-order valence-corrected chi connectivity index (χ1v) is 9.13. The van der Waals surface area contributed by atoms with Gasteiger partial charge in [-0.25, -0.2) is 4.98 Å². The molecule has 4 heteroatoms. The minimum atomic E-state index is -0.155. The van der Waals surface area contributed by atoms with Gasteiger partial charge in [0.05, 0.1) is 5.60 Å². The highest BCUT2D eigenvalue weighted by molar-refractivity contribution is 5.38. The molecule has 25 heavy (non-hydrogen) atoms. The van der Waals surface area contributed by atoms with Gasteiger partial charge in [0.2, 0.25) is 0 Å². The van der Waals surface area contributed by atoms with E-state index >= 15 is 0 Å². The van der Waals surface area contributed by atoms with E-state index in [4.69, 9.17) is 4.74 Å². The number of hydrogen-bond acceptors (Lipinski definition) is 4. The van der Waals surface area contributed by atoms with Gasteiger partial charge in [0.1, 0.15) is 12.0 Å². The lowest BCUT2D eigenvalue weighted by atomic mass is 10.1. The van der Waals surface area contributed by atoms with Crippen LogP contribution in [0.4, 0.5) is 5.82 Å². The second kappa shape index (κ2) is 7.98. The molecule has 0 saturated carbocycles. The van der Waals surface area contributed by atoms with E-state index in [2.05, 4.69) is 78.0 Å². The molecule has 1 aliphatic rings. The summed E-state index contributed by atoms with van der Waals surface area (Å²) in [5.41, 5.74) is 1.17. The minimum absolute atomic E-state index is 0.105. The van der Waals surface area contributed by atoms with Crippen LogP contribution in [0.3, 0.4) is 0 Å². The standard InChI is InChI=1S/C21H29N3O/c1-21(2,3)25-20(17-18-9-5-4-6-10-18)24-15-13-23(14-16-24)19-11-7-8-12-22-19/h4-12,20H,13-17H2,1-3H3.